The summed E-state index contributed by atoms with van der Waals surface area (Å²) < 4.78 is 1.56. The number of benzene rings is 3. The summed E-state index contributed by atoms with van der Waals surface area (Å²) in [6.07, 6.45) is 0. The molecule has 0 unspecified atom stereocenters. The first-order valence-electron chi connectivity index (χ1n) is 8.88. The van der Waals surface area contributed by atoms with Gasteiger partial charge in [-0.15, -0.1) is 0 Å². The second-order valence-corrected chi connectivity index (χ2v) is 22.3. The monoisotopic (exact) mass is 437 g/mol. The van der Waals surface area contributed by atoms with Gasteiger partial charge in [0.05, 0.1) is 0 Å². The zero-order chi connectivity index (χ0) is 18.0. The van der Waals surface area contributed by atoms with Crippen LogP contribution in [0.25, 0.3) is 0 Å². The van der Waals surface area contributed by atoms with Crippen molar-refractivity contribution in [3.8, 4) is 0 Å². The molecule has 3 aromatic carbocycles. The van der Waals surface area contributed by atoms with Crippen molar-refractivity contribution in [1.82, 2.24) is 0 Å². The summed E-state index contributed by atoms with van der Waals surface area (Å²) in [5.74, 6) is 0. The molecule has 0 saturated heterocycles. The molecule has 0 amide bonds. The SMILES string of the molecule is Cc1ccc(N(c2ccc(C)cc2)c2cc[c]([Sn]([CH3])([CH3])[CH3])cc2)cc1. The first-order chi connectivity index (χ1) is 11.8. The molecule has 0 spiro atoms. The molecule has 3 aromatic rings. The number of nitrogens with zero attached hydrogens (tertiary/aromatic N) is 1. The first kappa shape index (κ1) is 18.1. The van der Waals surface area contributed by atoms with Crippen LogP contribution < -0.4 is 8.48 Å². The molecule has 0 fully saturated rings. The third kappa shape index (κ3) is 4.27. The Hall–Kier alpha value is -1.74. The van der Waals surface area contributed by atoms with Crippen molar-refractivity contribution in [1.29, 1.82) is 0 Å². The van der Waals surface area contributed by atoms with Crippen LogP contribution >= 0.6 is 0 Å². The molecule has 128 valence electrons. The van der Waals surface area contributed by atoms with Crippen LogP contribution in [0.2, 0.25) is 14.8 Å². The van der Waals surface area contributed by atoms with E-state index < -0.39 is 18.4 Å². The molecule has 0 N–H and O–H groups in total. The van der Waals surface area contributed by atoms with Gasteiger partial charge in [-0.1, -0.05) is 0 Å². The molecule has 0 aliphatic rings. The Kier molecular flexibility index (Phi) is 5.24. The van der Waals surface area contributed by atoms with E-state index in [1.54, 1.807) is 3.58 Å². The fourth-order valence-electron chi connectivity index (χ4n) is 2.95. The summed E-state index contributed by atoms with van der Waals surface area (Å²) in [6, 6.07) is 26.7. The van der Waals surface area contributed by atoms with E-state index in [4.69, 9.17) is 0 Å². The molecule has 0 saturated carbocycles. The summed E-state index contributed by atoms with van der Waals surface area (Å²) in [5, 5.41) is 0. The van der Waals surface area contributed by atoms with Crippen LogP contribution in [0, 0.1) is 13.8 Å². The number of hydrogen-bond donors (Lipinski definition) is 0. The fourth-order valence-corrected chi connectivity index (χ4v) is 6.28. The van der Waals surface area contributed by atoms with Crippen LogP contribution in [0.15, 0.2) is 72.8 Å². The van der Waals surface area contributed by atoms with Crippen LogP contribution in [-0.2, 0) is 0 Å². The molecule has 0 aliphatic carbocycles. The van der Waals surface area contributed by atoms with Crippen molar-refractivity contribution in [3.05, 3.63) is 83.9 Å². The van der Waals surface area contributed by atoms with E-state index in [1.807, 2.05) is 0 Å². The molecule has 3 rings (SSSR count). The second-order valence-electron chi connectivity index (χ2n) is 7.80. The van der Waals surface area contributed by atoms with Gasteiger partial charge in [-0.2, -0.15) is 0 Å². The van der Waals surface area contributed by atoms with Gasteiger partial charge in [0.2, 0.25) is 0 Å². The van der Waals surface area contributed by atoms with E-state index in [9.17, 15) is 0 Å². The van der Waals surface area contributed by atoms with Crippen molar-refractivity contribution in [2.45, 2.75) is 28.7 Å². The third-order valence-electron chi connectivity index (χ3n) is 4.58. The summed E-state index contributed by atoms with van der Waals surface area (Å²) >= 11 is -2.02. The number of anilines is 3. The van der Waals surface area contributed by atoms with Crippen molar-refractivity contribution in [2.75, 3.05) is 4.90 Å². The van der Waals surface area contributed by atoms with Gasteiger partial charge in [0.15, 0.2) is 0 Å². The van der Waals surface area contributed by atoms with Crippen molar-refractivity contribution < 1.29 is 0 Å². The average molecular weight is 436 g/mol. The van der Waals surface area contributed by atoms with Crippen molar-refractivity contribution in [2.24, 2.45) is 0 Å². The van der Waals surface area contributed by atoms with Crippen LogP contribution in [0.1, 0.15) is 11.1 Å². The van der Waals surface area contributed by atoms with Crippen LogP contribution in [0.4, 0.5) is 17.1 Å². The summed E-state index contributed by atoms with van der Waals surface area (Å²) in [4.78, 5) is 9.71. The molecule has 1 nitrogen and oxygen atoms in total. The van der Waals surface area contributed by atoms with E-state index in [0.29, 0.717) is 0 Å². The molecule has 0 bridgehead atoms. The summed E-state index contributed by atoms with van der Waals surface area (Å²) in [5.41, 5.74) is 6.17. The zero-order valence-corrected chi connectivity index (χ0v) is 18.7. The Balaban J connectivity index is 2.07. The molecule has 0 atom stereocenters. The van der Waals surface area contributed by atoms with E-state index in [0.717, 1.165) is 0 Å². The Morgan fingerprint density at radius 3 is 1.16 bits per heavy atom. The van der Waals surface area contributed by atoms with Gasteiger partial charge in [0.1, 0.15) is 0 Å². The van der Waals surface area contributed by atoms with Gasteiger partial charge in [-0.3, -0.25) is 0 Å². The van der Waals surface area contributed by atoms with Gasteiger partial charge in [0.25, 0.3) is 0 Å². The molecular formula is C23H27NSn. The fraction of sp³-hybridized carbons (Fsp3) is 0.217. The maximum atomic E-state index is 2.46. The number of aryl methyl sites for hydroxylation is 2. The average Bonchev–Trinajstić information content (AvgIpc) is 2.58. The Morgan fingerprint density at radius 1 is 0.520 bits per heavy atom. The zero-order valence-electron chi connectivity index (χ0n) is 15.9. The van der Waals surface area contributed by atoms with E-state index in [-0.39, 0.29) is 0 Å². The van der Waals surface area contributed by atoms with Crippen LogP contribution in [0.3, 0.4) is 0 Å². The number of hydrogen-bond acceptors (Lipinski definition) is 1. The van der Waals surface area contributed by atoms with Gasteiger partial charge < -0.3 is 0 Å². The van der Waals surface area contributed by atoms with Crippen molar-refractivity contribution >= 4 is 39.0 Å². The van der Waals surface area contributed by atoms with E-state index in [2.05, 4.69) is 106 Å². The standard InChI is InChI=1S/C20H18N.3CH3.Sn/c1-16-8-12-19(13-9-16)21(18-6-4-3-5-7-18)20-14-10-17(2)11-15-20;;;;/h4-15H,1-2H3;3*1H3;. The minimum absolute atomic E-state index is 1.20. The van der Waals surface area contributed by atoms with Gasteiger partial charge in [-0.05, 0) is 0 Å². The summed E-state index contributed by atoms with van der Waals surface area (Å²) in [7, 11) is 0. The predicted molar refractivity (Wildman–Crippen MR) is 114 cm³/mol. The topological polar surface area (TPSA) is 3.24 Å². The molecule has 2 heteroatoms. The molecular weight excluding hydrogens is 409 g/mol. The Bertz CT molecular complexity index is 780. The van der Waals surface area contributed by atoms with E-state index >= 15 is 0 Å². The summed E-state index contributed by atoms with van der Waals surface area (Å²) in [6.45, 7) is 4.26. The predicted octanol–water partition coefficient (Wildman–Crippen LogP) is 6.32. The maximum absolute atomic E-state index is 2.46. The number of rotatable bonds is 4. The Labute approximate surface area is 156 Å². The van der Waals surface area contributed by atoms with Gasteiger partial charge in [-0.25, -0.2) is 0 Å². The molecule has 0 aliphatic heterocycles. The van der Waals surface area contributed by atoms with Gasteiger partial charge in [0, 0.05) is 0 Å². The molecule has 25 heavy (non-hydrogen) atoms. The van der Waals surface area contributed by atoms with Crippen LogP contribution in [0.5, 0.6) is 0 Å². The van der Waals surface area contributed by atoms with Gasteiger partial charge >= 0.3 is 157 Å². The van der Waals surface area contributed by atoms with Crippen LogP contribution in [-0.4, -0.2) is 18.4 Å². The van der Waals surface area contributed by atoms with E-state index in [1.165, 1.54) is 28.2 Å². The molecule has 0 heterocycles. The second kappa shape index (κ2) is 7.25. The molecule has 0 aromatic heterocycles. The molecule has 0 radical (unpaired) electrons. The first-order valence-corrected chi connectivity index (χ1v) is 18.9. The van der Waals surface area contributed by atoms with Crippen molar-refractivity contribution in [3.63, 3.8) is 0 Å². The third-order valence-corrected chi connectivity index (χ3v) is 10.5. The quantitative estimate of drug-likeness (QED) is 0.433. The normalized spacial score (nSPS) is 11.4. The Morgan fingerprint density at radius 2 is 0.840 bits per heavy atom. The minimum atomic E-state index is -2.02.